The molecule has 0 spiro atoms. The molecule has 3 aromatic rings. The van der Waals surface area contributed by atoms with E-state index < -0.39 is 10.8 Å². The molecule has 3 aromatic carbocycles. The molecular weight excluding hydrogens is 370 g/mol. The van der Waals surface area contributed by atoms with E-state index in [1.54, 1.807) is 0 Å². The van der Waals surface area contributed by atoms with E-state index in [0.29, 0.717) is 12.2 Å². The van der Waals surface area contributed by atoms with E-state index in [2.05, 4.69) is 31.2 Å². The third-order valence-electron chi connectivity index (χ3n) is 5.13. The molecule has 0 bridgehead atoms. The molecular formula is C23H19NO3S. The first-order valence-electron chi connectivity index (χ1n) is 9.23. The highest BCUT2D eigenvalue weighted by Crippen LogP contribution is 2.41. The summed E-state index contributed by atoms with van der Waals surface area (Å²) < 4.78 is 24.5. The Balaban J connectivity index is 1.63. The molecule has 2 heterocycles. The van der Waals surface area contributed by atoms with E-state index in [9.17, 15) is 4.21 Å². The summed E-state index contributed by atoms with van der Waals surface area (Å²) >= 11 is 0. The number of benzene rings is 3. The fourth-order valence-corrected chi connectivity index (χ4v) is 5.14. The van der Waals surface area contributed by atoms with Gasteiger partial charge in [0.25, 0.3) is 0 Å². The second-order valence-electron chi connectivity index (χ2n) is 7.00. The van der Waals surface area contributed by atoms with Gasteiger partial charge in [0.05, 0.1) is 26.6 Å². The predicted octanol–water partition coefficient (Wildman–Crippen LogP) is 5.10. The number of ether oxygens (including phenoxy) is 2. The quantitative estimate of drug-likeness (QED) is 0.613. The largest absolute Gasteiger partial charge is 0.454 e. The Morgan fingerprint density at radius 1 is 0.964 bits per heavy atom. The van der Waals surface area contributed by atoms with Crippen LogP contribution in [0.1, 0.15) is 28.4 Å². The Labute approximate surface area is 166 Å². The van der Waals surface area contributed by atoms with Gasteiger partial charge in [-0.1, -0.05) is 48.0 Å². The fraction of sp³-hybridized carbons (Fsp3) is 0.174. The molecule has 0 N–H and O–H groups in total. The molecule has 2 aliphatic heterocycles. The first-order chi connectivity index (χ1) is 13.7. The summed E-state index contributed by atoms with van der Waals surface area (Å²) in [6, 6.07) is 21.9. The van der Waals surface area contributed by atoms with E-state index in [-0.39, 0.29) is 12.0 Å². The average Bonchev–Trinajstić information content (AvgIpc) is 3.13. The molecule has 28 heavy (non-hydrogen) atoms. The monoisotopic (exact) mass is 389 g/mol. The molecule has 0 fully saturated rings. The minimum absolute atomic E-state index is 0.210. The lowest BCUT2D eigenvalue weighted by Gasteiger charge is -2.17. The van der Waals surface area contributed by atoms with Gasteiger partial charge in [-0.3, -0.25) is 9.20 Å². The van der Waals surface area contributed by atoms with E-state index in [0.717, 1.165) is 33.2 Å². The molecule has 0 aromatic heterocycles. The summed E-state index contributed by atoms with van der Waals surface area (Å²) in [5, 5.41) is -0.210. The van der Waals surface area contributed by atoms with Crippen molar-refractivity contribution < 1.29 is 13.7 Å². The fourth-order valence-electron chi connectivity index (χ4n) is 3.60. The second-order valence-corrected chi connectivity index (χ2v) is 8.60. The summed E-state index contributed by atoms with van der Waals surface area (Å²) in [6.45, 7) is 2.30. The van der Waals surface area contributed by atoms with E-state index >= 15 is 0 Å². The van der Waals surface area contributed by atoms with Crippen molar-refractivity contribution in [2.24, 2.45) is 4.99 Å². The number of hydrogen-bond donors (Lipinski definition) is 0. The topological polar surface area (TPSA) is 47.9 Å². The van der Waals surface area contributed by atoms with Crippen molar-refractivity contribution in [3.63, 3.8) is 0 Å². The molecule has 5 heteroatoms. The number of hydrogen-bond acceptors (Lipinski definition) is 4. The Bertz CT molecular complexity index is 1110. The Morgan fingerprint density at radius 2 is 1.75 bits per heavy atom. The molecule has 2 aliphatic rings. The van der Waals surface area contributed by atoms with E-state index in [1.165, 1.54) is 5.56 Å². The zero-order valence-electron chi connectivity index (χ0n) is 15.4. The average molecular weight is 389 g/mol. The van der Waals surface area contributed by atoms with Crippen LogP contribution in [0.4, 0.5) is 5.69 Å². The van der Waals surface area contributed by atoms with Crippen LogP contribution < -0.4 is 9.47 Å². The highest BCUT2D eigenvalue weighted by Gasteiger charge is 2.29. The van der Waals surface area contributed by atoms with Crippen LogP contribution in [0.5, 0.6) is 11.5 Å². The SMILES string of the molecule is Cc1ccc(C2=Nc3ccccc3S(=O)C(c3ccc4c(c3)OCO4)C2)cc1. The van der Waals surface area contributed by atoms with E-state index in [1.807, 2.05) is 42.5 Å². The maximum Gasteiger partial charge on any atom is 0.231 e. The van der Waals surface area contributed by atoms with Crippen LogP contribution in [-0.2, 0) is 10.8 Å². The lowest BCUT2D eigenvalue weighted by molar-refractivity contribution is 0.174. The van der Waals surface area contributed by atoms with Gasteiger partial charge in [-0.2, -0.15) is 0 Å². The Kier molecular flexibility index (Phi) is 4.24. The van der Waals surface area contributed by atoms with Crippen LogP contribution in [0.3, 0.4) is 0 Å². The lowest BCUT2D eigenvalue weighted by Crippen LogP contribution is -2.11. The van der Waals surface area contributed by atoms with Crippen LogP contribution in [0.2, 0.25) is 0 Å². The van der Waals surface area contributed by atoms with Crippen molar-refractivity contribution in [1.29, 1.82) is 0 Å². The number of nitrogens with zero attached hydrogens (tertiary/aromatic N) is 1. The van der Waals surface area contributed by atoms with E-state index in [4.69, 9.17) is 14.5 Å². The van der Waals surface area contributed by atoms with Gasteiger partial charge in [-0.05, 0) is 42.3 Å². The van der Waals surface area contributed by atoms with Crippen LogP contribution in [0.15, 0.2) is 76.6 Å². The molecule has 140 valence electrons. The van der Waals surface area contributed by atoms with Gasteiger partial charge in [0, 0.05) is 12.1 Å². The smallest absolute Gasteiger partial charge is 0.231 e. The van der Waals surface area contributed by atoms with Gasteiger partial charge >= 0.3 is 0 Å². The molecule has 0 aliphatic carbocycles. The number of aryl methyl sites for hydroxylation is 1. The second kappa shape index (κ2) is 6.91. The van der Waals surface area contributed by atoms with Crippen molar-refractivity contribution in [3.05, 3.63) is 83.4 Å². The van der Waals surface area contributed by atoms with Crippen LogP contribution >= 0.6 is 0 Å². The number of fused-ring (bicyclic) bond motifs is 2. The summed E-state index contributed by atoms with van der Waals surface area (Å²) in [4.78, 5) is 5.68. The number of aliphatic imine (C=N–C) groups is 1. The van der Waals surface area contributed by atoms with Crippen LogP contribution in [-0.4, -0.2) is 16.7 Å². The van der Waals surface area contributed by atoms with Crippen molar-refractivity contribution >= 4 is 22.2 Å². The van der Waals surface area contributed by atoms with Crippen LogP contribution in [0, 0.1) is 6.92 Å². The molecule has 2 atom stereocenters. The highest BCUT2D eigenvalue weighted by atomic mass is 32.2. The Morgan fingerprint density at radius 3 is 2.61 bits per heavy atom. The summed E-state index contributed by atoms with van der Waals surface area (Å²) in [6.07, 6.45) is 0.587. The van der Waals surface area contributed by atoms with Crippen molar-refractivity contribution in [1.82, 2.24) is 0 Å². The van der Waals surface area contributed by atoms with Gasteiger partial charge in [-0.25, -0.2) is 0 Å². The summed E-state index contributed by atoms with van der Waals surface area (Å²) in [7, 11) is -1.23. The third kappa shape index (κ3) is 3.02. The van der Waals surface area contributed by atoms with Gasteiger partial charge in [0.1, 0.15) is 0 Å². The van der Waals surface area contributed by atoms with Gasteiger partial charge in [0.2, 0.25) is 6.79 Å². The number of para-hydroxylation sites is 1. The first kappa shape index (κ1) is 17.2. The van der Waals surface area contributed by atoms with Gasteiger partial charge < -0.3 is 9.47 Å². The predicted molar refractivity (Wildman–Crippen MR) is 110 cm³/mol. The molecule has 0 amide bonds. The lowest BCUT2D eigenvalue weighted by atomic mass is 10.00. The van der Waals surface area contributed by atoms with Gasteiger partial charge in [-0.15, -0.1) is 0 Å². The minimum atomic E-state index is -1.23. The Hall–Kier alpha value is -2.92. The molecule has 4 nitrogen and oxygen atoms in total. The maximum absolute atomic E-state index is 13.5. The highest BCUT2D eigenvalue weighted by molar-refractivity contribution is 7.85. The first-order valence-corrected chi connectivity index (χ1v) is 10.4. The minimum Gasteiger partial charge on any atom is -0.454 e. The maximum atomic E-state index is 13.5. The van der Waals surface area contributed by atoms with Crippen molar-refractivity contribution in [3.8, 4) is 11.5 Å². The normalized spacial score (nSPS) is 20.2. The van der Waals surface area contributed by atoms with Crippen LogP contribution in [0.25, 0.3) is 0 Å². The summed E-state index contributed by atoms with van der Waals surface area (Å²) in [5.74, 6) is 1.44. The zero-order valence-corrected chi connectivity index (χ0v) is 16.2. The molecule has 0 saturated carbocycles. The van der Waals surface area contributed by atoms with Crippen molar-refractivity contribution in [2.45, 2.75) is 23.5 Å². The molecule has 5 rings (SSSR count). The van der Waals surface area contributed by atoms with Gasteiger partial charge in [0.15, 0.2) is 11.5 Å². The molecule has 0 saturated heterocycles. The third-order valence-corrected chi connectivity index (χ3v) is 6.86. The zero-order chi connectivity index (χ0) is 19.1. The summed E-state index contributed by atoms with van der Waals surface area (Å²) in [5.41, 5.74) is 4.96. The van der Waals surface area contributed by atoms with Crippen molar-refractivity contribution in [2.75, 3.05) is 6.79 Å². The molecule has 2 unspecified atom stereocenters. The standard InChI is InChI=1S/C23H19NO3S/c1-15-6-8-16(9-7-15)19-13-23(17-10-11-20-21(12-17)27-14-26-20)28(25)22-5-3-2-4-18(22)24-19/h2-12,23H,13-14H2,1H3. The molecule has 0 radical (unpaired) electrons. The number of rotatable bonds is 2.